The highest BCUT2D eigenvalue weighted by atomic mass is 35.5. The third kappa shape index (κ3) is 5.26. The molecular formula is C13H27ClN2O. The van der Waals surface area contributed by atoms with E-state index in [4.69, 9.17) is 5.73 Å². The summed E-state index contributed by atoms with van der Waals surface area (Å²) in [6.07, 6.45) is 6.34. The lowest BCUT2D eigenvalue weighted by molar-refractivity contribution is -0.122. The average molecular weight is 263 g/mol. The van der Waals surface area contributed by atoms with Gasteiger partial charge in [-0.05, 0) is 37.5 Å². The molecule has 3 N–H and O–H groups in total. The monoisotopic (exact) mass is 262 g/mol. The van der Waals surface area contributed by atoms with Crippen molar-refractivity contribution in [1.29, 1.82) is 0 Å². The Kier molecular flexibility index (Phi) is 7.10. The zero-order valence-electron chi connectivity index (χ0n) is 11.3. The summed E-state index contributed by atoms with van der Waals surface area (Å²) in [5, 5.41) is 3.01. The fraction of sp³-hybridized carbons (Fsp3) is 0.923. The summed E-state index contributed by atoms with van der Waals surface area (Å²) in [4.78, 5) is 11.5. The molecule has 17 heavy (non-hydrogen) atoms. The van der Waals surface area contributed by atoms with Gasteiger partial charge in [0.05, 0.1) is 6.04 Å². The van der Waals surface area contributed by atoms with Crippen molar-refractivity contribution in [1.82, 2.24) is 5.32 Å². The number of amides is 1. The molecule has 0 bridgehead atoms. The SMILES string of the molecule is CC(C)CC1(CNC(=O)[C@H](C)N)CCCC1.Cl. The molecule has 102 valence electrons. The van der Waals surface area contributed by atoms with Crippen LogP contribution in [0.1, 0.15) is 52.9 Å². The number of carbonyl (C=O) groups is 1. The van der Waals surface area contributed by atoms with Gasteiger partial charge in [0.1, 0.15) is 0 Å². The van der Waals surface area contributed by atoms with Gasteiger partial charge in [0.15, 0.2) is 0 Å². The Morgan fingerprint density at radius 2 is 1.82 bits per heavy atom. The van der Waals surface area contributed by atoms with Gasteiger partial charge in [0.2, 0.25) is 5.91 Å². The van der Waals surface area contributed by atoms with E-state index in [-0.39, 0.29) is 18.3 Å². The molecule has 3 nitrogen and oxygen atoms in total. The quantitative estimate of drug-likeness (QED) is 0.800. The Labute approximate surface area is 111 Å². The maximum Gasteiger partial charge on any atom is 0.236 e. The average Bonchev–Trinajstić information content (AvgIpc) is 2.62. The second-order valence-corrected chi connectivity index (χ2v) is 5.81. The minimum atomic E-state index is -0.391. The van der Waals surface area contributed by atoms with Crippen LogP contribution in [0.3, 0.4) is 0 Å². The first-order chi connectivity index (χ1) is 7.45. The maximum absolute atomic E-state index is 11.5. The number of nitrogens with one attached hydrogen (secondary N) is 1. The zero-order chi connectivity index (χ0) is 12.2. The molecular weight excluding hydrogens is 236 g/mol. The minimum absolute atomic E-state index is 0. The molecule has 0 saturated heterocycles. The lowest BCUT2D eigenvalue weighted by Gasteiger charge is -2.31. The minimum Gasteiger partial charge on any atom is -0.354 e. The molecule has 0 aromatic heterocycles. The van der Waals surface area contributed by atoms with Gasteiger partial charge >= 0.3 is 0 Å². The fourth-order valence-electron chi connectivity index (χ4n) is 2.88. The highest BCUT2D eigenvalue weighted by molar-refractivity contribution is 5.85. The summed E-state index contributed by atoms with van der Waals surface area (Å²) in [6, 6.07) is -0.391. The van der Waals surface area contributed by atoms with Crippen LogP contribution in [0.4, 0.5) is 0 Å². The Hall–Kier alpha value is -0.280. The zero-order valence-corrected chi connectivity index (χ0v) is 12.1. The number of nitrogens with two attached hydrogens (primary N) is 1. The van der Waals surface area contributed by atoms with Gasteiger partial charge in [0, 0.05) is 6.54 Å². The van der Waals surface area contributed by atoms with Crippen molar-refractivity contribution in [2.45, 2.75) is 58.9 Å². The van der Waals surface area contributed by atoms with Crippen LogP contribution in [0.25, 0.3) is 0 Å². The topological polar surface area (TPSA) is 55.1 Å². The fourth-order valence-corrected chi connectivity index (χ4v) is 2.88. The van der Waals surface area contributed by atoms with E-state index in [2.05, 4.69) is 19.2 Å². The summed E-state index contributed by atoms with van der Waals surface area (Å²) in [5.41, 5.74) is 5.90. The molecule has 0 spiro atoms. The summed E-state index contributed by atoms with van der Waals surface area (Å²) in [6.45, 7) is 7.06. The summed E-state index contributed by atoms with van der Waals surface area (Å²) < 4.78 is 0. The summed E-state index contributed by atoms with van der Waals surface area (Å²) >= 11 is 0. The van der Waals surface area contributed by atoms with E-state index >= 15 is 0 Å². The van der Waals surface area contributed by atoms with Gasteiger partial charge in [-0.15, -0.1) is 12.4 Å². The largest absolute Gasteiger partial charge is 0.354 e. The molecule has 0 unspecified atom stereocenters. The molecule has 1 amide bonds. The first-order valence-electron chi connectivity index (χ1n) is 6.48. The van der Waals surface area contributed by atoms with Crippen LogP contribution in [0.2, 0.25) is 0 Å². The molecule has 1 aliphatic carbocycles. The van der Waals surface area contributed by atoms with Crippen LogP contribution in [-0.2, 0) is 4.79 Å². The van der Waals surface area contributed by atoms with E-state index in [1.54, 1.807) is 6.92 Å². The number of halogens is 1. The molecule has 0 aromatic rings. The predicted molar refractivity (Wildman–Crippen MR) is 74.3 cm³/mol. The molecule has 0 aliphatic heterocycles. The molecule has 0 radical (unpaired) electrons. The van der Waals surface area contributed by atoms with Crippen molar-refractivity contribution in [3.8, 4) is 0 Å². The molecule has 1 saturated carbocycles. The van der Waals surface area contributed by atoms with Crippen molar-refractivity contribution >= 4 is 18.3 Å². The van der Waals surface area contributed by atoms with Gasteiger partial charge in [-0.3, -0.25) is 4.79 Å². The Balaban J connectivity index is 0.00000256. The van der Waals surface area contributed by atoms with Crippen molar-refractivity contribution in [3.05, 3.63) is 0 Å². The molecule has 1 rings (SSSR count). The van der Waals surface area contributed by atoms with Gasteiger partial charge < -0.3 is 11.1 Å². The second-order valence-electron chi connectivity index (χ2n) is 5.81. The smallest absolute Gasteiger partial charge is 0.236 e. The Morgan fingerprint density at radius 3 is 2.24 bits per heavy atom. The predicted octanol–water partition coefficient (Wildman–Crippen LogP) is 2.48. The lowest BCUT2D eigenvalue weighted by atomic mass is 9.78. The third-order valence-corrected chi connectivity index (χ3v) is 3.56. The van der Waals surface area contributed by atoms with Gasteiger partial charge in [-0.25, -0.2) is 0 Å². The highest BCUT2D eigenvalue weighted by Gasteiger charge is 2.34. The maximum atomic E-state index is 11.5. The Bertz CT molecular complexity index is 236. The normalized spacial score (nSPS) is 19.8. The van der Waals surface area contributed by atoms with Crippen molar-refractivity contribution in [2.24, 2.45) is 17.1 Å². The standard InChI is InChI=1S/C13H26N2O.ClH/c1-10(2)8-13(6-4-5-7-13)9-15-12(16)11(3)14;/h10-11H,4-9,14H2,1-3H3,(H,15,16);1H/t11-;/m0./s1. The third-order valence-electron chi connectivity index (χ3n) is 3.56. The van der Waals surface area contributed by atoms with E-state index in [1.807, 2.05) is 0 Å². The number of hydrogen-bond acceptors (Lipinski definition) is 2. The van der Waals surface area contributed by atoms with Crippen molar-refractivity contribution < 1.29 is 4.79 Å². The van der Waals surface area contributed by atoms with E-state index < -0.39 is 6.04 Å². The first-order valence-corrected chi connectivity index (χ1v) is 6.48. The van der Waals surface area contributed by atoms with Crippen LogP contribution in [0.15, 0.2) is 0 Å². The first kappa shape index (κ1) is 16.7. The van der Waals surface area contributed by atoms with Crippen LogP contribution in [-0.4, -0.2) is 18.5 Å². The Morgan fingerprint density at radius 1 is 1.29 bits per heavy atom. The molecule has 1 atom stereocenters. The molecule has 0 aromatic carbocycles. The highest BCUT2D eigenvalue weighted by Crippen LogP contribution is 2.42. The molecule has 1 fully saturated rings. The van der Waals surface area contributed by atoms with E-state index in [1.165, 1.54) is 32.1 Å². The van der Waals surface area contributed by atoms with E-state index in [9.17, 15) is 4.79 Å². The van der Waals surface area contributed by atoms with Crippen molar-refractivity contribution in [2.75, 3.05) is 6.54 Å². The van der Waals surface area contributed by atoms with E-state index in [0.717, 1.165) is 6.54 Å². The van der Waals surface area contributed by atoms with Crippen LogP contribution in [0, 0.1) is 11.3 Å². The van der Waals surface area contributed by atoms with Gasteiger partial charge in [0.25, 0.3) is 0 Å². The van der Waals surface area contributed by atoms with E-state index in [0.29, 0.717) is 11.3 Å². The van der Waals surface area contributed by atoms with Crippen LogP contribution < -0.4 is 11.1 Å². The molecule has 4 heteroatoms. The van der Waals surface area contributed by atoms with Crippen LogP contribution in [0.5, 0.6) is 0 Å². The lowest BCUT2D eigenvalue weighted by Crippen LogP contribution is -2.43. The van der Waals surface area contributed by atoms with Crippen molar-refractivity contribution in [3.63, 3.8) is 0 Å². The number of hydrogen-bond donors (Lipinski definition) is 2. The second kappa shape index (κ2) is 7.22. The van der Waals surface area contributed by atoms with Crippen LogP contribution >= 0.6 is 12.4 Å². The number of carbonyl (C=O) groups excluding carboxylic acids is 1. The van der Waals surface area contributed by atoms with Gasteiger partial charge in [-0.1, -0.05) is 26.7 Å². The molecule has 1 aliphatic rings. The molecule has 0 heterocycles. The number of rotatable bonds is 5. The summed E-state index contributed by atoms with van der Waals surface area (Å²) in [7, 11) is 0. The van der Waals surface area contributed by atoms with Gasteiger partial charge in [-0.2, -0.15) is 0 Å². The summed E-state index contributed by atoms with van der Waals surface area (Å²) in [5.74, 6) is 0.681.